The Labute approximate surface area is 221 Å². The van der Waals surface area contributed by atoms with Gasteiger partial charge in [-0.2, -0.15) is 4.31 Å². The third-order valence-electron chi connectivity index (χ3n) is 7.62. The maximum Gasteiger partial charge on any atom is 0.227 e. The molecule has 11 heteroatoms. The van der Waals surface area contributed by atoms with Crippen LogP contribution in [0.1, 0.15) is 50.3 Å². The summed E-state index contributed by atoms with van der Waals surface area (Å²) in [7, 11) is -3.79. The van der Waals surface area contributed by atoms with Crippen LogP contribution >= 0.6 is 0 Å². The van der Waals surface area contributed by atoms with Crippen LogP contribution in [0.15, 0.2) is 36.4 Å². The first-order valence-electron chi connectivity index (χ1n) is 12.6. The molecular weight excluding hydrogens is 522 g/mol. The van der Waals surface area contributed by atoms with E-state index in [1.54, 1.807) is 4.90 Å². The summed E-state index contributed by atoms with van der Waals surface area (Å²) >= 11 is 0. The van der Waals surface area contributed by atoms with Crippen molar-refractivity contribution in [2.24, 2.45) is 5.92 Å². The number of benzene rings is 2. The summed E-state index contributed by atoms with van der Waals surface area (Å²) in [4.78, 5) is 17.5. The van der Waals surface area contributed by atoms with Crippen LogP contribution in [0, 0.1) is 29.2 Å². The summed E-state index contributed by atoms with van der Waals surface area (Å²) in [5.41, 5.74) is -0.00608. The zero-order valence-corrected chi connectivity index (χ0v) is 22.7. The molecule has 2 fully saturated rings. The van der Waals surface area contributed by atoms with E-state index < -0.39 is 51.2 Å². The number of carbonyl (C=O) groups excluding carboxylic acids is 1. The van der Waals surface area contributed by atoms with Gasteiger partial charge < -0.3 is 4.90 Å². The summed E-state index contributed by atoms with van der Waals surface area (Å²) in [6.07, 6.45) is 1.12. The maximum absolute atomic E-state index is 14.8. The van der Waals surface area contributed by atoms with Crippen LogP contribution < -0.4 is 0 Å². The number of amides is 1. The molecule has 38 heavy (non-hydrogen) atoms. The number of hydrogen-bond donors (Lipinski definition) is 0. The lowest BCUT2D eigenvalue weighted by Gasteiger charge is -2.32. The van der Waals surface area contributed by atoms with Gasteiger partial charge in [-0.25, -0.2) is 26.0 Å². The van der Waals surface area contributed by atoms with Crippen molar-refractivity contribution in [1.29, 1.82) is 0 Å². The van der Waals surface area contributed by atoms with Gasteiger partial charge in [0.15, 0.2) is 0 Å². The van der Waals surface area contributed by atoms with Gasteiger partial charge in [0, 0.05) is 61.9 Å². The normalized spacial score (nSPS) is 24.0. The molecule has 3 atom stereocenters. The second kappa shape index (κ2) is 10.6. The number of halogens is 4. The van der Waals surface area contributed by atoms with Gasteiger partial charge in [-0.05, 0) is 44.9 Å². The molecule has 6 nitrogen and oxygen atoms in total. The van der Waals surface area contributed by atoms with Crippen molar-refractivity contribution < 1.29 is 30.8 Å². The Morgan fingerprint density at radius 3 is 1.97 bits per heavy atom. The predicted octanol–water partition coefficient (Wildman–Crippen LogP) is 4.29. The van der Waals surface area contributed by atoms with Gasteiger partial charge in [-0.15, -0.1) is 0 Å². The fourth-order valence-electron chi connectivity index (χ4n) is 5.56. The summed E-state index contributed by atoms with van der Waals surface area (Å²) in [5, 5.41) is 0. The molecule has 0 aromatic heterocycles. The van der Waals surface area contributed by atoms with Crippen LogP contribution in [0.25, 0.3) is 0 Å². The highest BCUT2D eigenvalue weighted by molar-refractivity contribution is 7.88. The highest BCUT2D eigenvalue weighted by Gasteiger charge is 2.45. The molecule has 2 heterocycles. The van der Waals surface area contributed by atoms with E-state index >= 15 is 0 Å². The van der Waals surface area contributed by atoms with Crippen LogP contribution in [-0.2, 0) is 14.8 Å². The van der Waals surface area contributed by atoms with Crippen molar-refractivity contribution in [2.75, 3.05) is 39.0 Å². The minimum absolute atomic E-state index is 0.0390. The fourth-order valence-corrected chi connectivity index (χ4v) is 6.66. The van der Waals surface area contributed by atoms with E-state index in [2.05, 4.69) is 4.90 Å². The van der Waals surface area contributed by atoms with Crippen molar-refractivity contribution in [3.05, 3.63) is 70.8 Å². The summed E-state index contributed by atoms with van der Waals surface area (Å²) < 4.78 is 83.1. The van der Waals surface area contributed by atoms with Crippen LogP contribution in [0.3, 0.4) is 0 Å². The van der Waals surface area contributed by atoms with Gasteiger partial charge in [0.1, 0.15) is 23.3 Å². The van der Waals surface area contributed by atoms with Crippen LogP contribution in [0.5, 0.6) is 0 Å². The average molecular weight is 556 g/mol. The topological polar surface area (TPSA) is 60.9 Å². The molecule has 2 saturated heterocycles. The number of nitrogens with zero attached hydrogens (tertiary/aromatic N) is 3. The molecule has 0 radical (unpaired) electrons. The Bertz CT molecular complexity index is 1320. The molecular formula is C27H33F4N3O3S. The maximum atomic E-state index is 14.8. The van der Waals surface area contributed by atoms with Crippen LogP contribution in [0.2, 0.25) is 0 Å². The van der Waals surface area contributed by atoms with Gasteiger partial charge in [-0.3, -0.25) is 9.69 Å². The molecule has 0 N–H and O–H groups in total. The van der Waals surface area contributed by atoms with Crippen molar-refractivity contribution in [2.45, 2.75) is 44.7 Å². The minimum atomic E-state index is -3.79. The van der Waals surface area contributed by atoms with Gasteiger partial charge in [0.2, 0.25) is 15.9 Å². The van der Waals surface area contributed by atoms with E-state index in [0.717, 1.165) is 22.7 Å². The van der Waals surface area contributed by atoms with Gasteiger partial charge in [-0.1, -0.05) is 12.1 Å². The summed E-state index contributed by atoms with van der Waals surface area (Å²) in [6, 6.07) is 5.48. The zero-order chi connectivity index (χ0) is 28.0. The first-order valence-corrected chi connectivity index (χ1v) is 14.4. The van der Waals surface area contributed by atoms with Gasteiger partial charge >= 0.3 is 0 Å². The summed E-state index contributed by atoms with van der Waals surface area (Å²) in [5.74, 6) is -4.47. The summed E-state index contributed by atoms with van der Waals surface area (Å²) in [6.45, 7) is 6.87. The first kappa shape index (κ1) is 28.5. The monoisotopic (exact) mass is 555 g/mol. The Balaban J connectivity index is 1.64. The number of carbonyl (C=O) groups is 1. The Morgan fingerprint density at radius 2 is 1.45 bits per heavy atom. The average Bonchev–Trinajstić information content (AvgIpc) is 3.12. The van der Waals surface area contributed by atoms with Crippen molar-refractivity contribution >= 4 is 15.9 Å². The SMILES string of the molecule is CC(C)(C)N1CC(C(=O)N2CCC(c3ccc(F)cc3F)N(S(C)(=O)=O)CC2)[C@H](c2ccc(F)cc2F)C1. The third-order valence-corrected chi connectivity index (χ3v) is 8.91. The predicted molar refractivity (Wildman–Crippen MR) is 136 cm³/mol. The van der Waals surface area contributed by atoms with E-state index in [-0.39, 0.29) is 48.6 Å². The number of rotatable bonds is 4. The molecule has 1 amide bonds. The second-order valence-electron chi connectivity index (χ2n) is 11.1. The van der Waals surface area contributed by atoms with E-state index in [1.165, 1.54) is 18.2 Å². The quantitative estimate of drug-likeness (QED) is 0.529. The smallest absolute Gasteiger partial charge is 0.227 e. The van der Waals surface area contributed by atoms with Crippen molar-refractivity contribution in [1.82, 2.24) is 14.1 Å². The Morgan fingerprint density at radius 1 is 0.868 bits per heavy atom. The first-order chi connectivity index (χ1) is 17.7. The van der Waals surface area contributed by atoms with E-state index in [0.29, 0.717) is 19.2 Å². The van der Waals surface area contributed by atoms with Crippen molar-refractivity contribution in [3.63, 3.8) is 0 Å². The molecule has 0 bridgehead atoms. The van der Waals surface area contributed by atoms with E-state index in [4.69, 9.17) is 0 Å². The number of sulfonamides is 1. The largest absolute Gasteiger partial charge is 0.341 e. The zero-order valence-electron chi connectivity index (χ0n) is 21.9. The lowest BCUT2D eigenvalue weighted by atomic mass is 9.87. The highest BCUT2D eigenvalue weighted by atomic mass is 32.2. The molecule has 4 rings (SSSR count). The second-order valence-corrected chi connectivity index (χ2v) is 13.1. The standard InChI is InChI=1S/C27H33F4N3O3S/c1-27(2,3)33-15-21(19-7-5-17(28)13-23(19)30)22(16-33)26(35)32-10-9-25(34(12-11-32)38(4,36)37)20-8-6-18(29)14-24(20)31/h5-8,13-14,21-22,25H,9-12,15-16H2,1-4H3/t21-,22?,25?/m0/s1. The molecule has 0 spiro atoms. The highest BCUT2D eigenvalue weighted by Crippen LogP contribution is 2.39. The van der Waals surface area contributed by atoms with E-state index in [9.17, 15) is 30.8 Å². The lowest BCUT2D eigenvalue weighted by Crippen LogP contribution is -2.43. The number of likely N-dealkylation sites (tertiary alicyclic amines) is 1. The molecule has 208 valence electrons. The number of hydrogen-bond acceptors (Lipinski definition) is 4. The molecule has 2 aromatic carbocycles. The molecule has 0 saturated carbocycles. The van der Waals surface area contributed by atoms with E-state index in [1.807, 2.05) is 20.8 Å². The Hall–Kier alpha value is -2.50. The Kier molecular flexibility index (Phi) is 7.94. The lowest BCUT2D eigenvalue weighted by molar-refractivity contribution is -0.135. The van der Waals surface area contributed by atoms with Crippen molar-refractivity contribution in [3.8, 4) is 0 Å². The molecule has 2 unspecified atom stereocenters. The van der Waals surface area contributed by atoms with Gasteiger partial charge in [0.05, 0.1) is 18.2 Å². The molecule has 2 aliphatic rings. The molecule has 0 aliphatic carbocycles. The van der Waals surface area contributed by atoms with Crippen LogP contribution in [-0.4, -0.2) is 72.9 Å². The third kappa shape index (κ3) is 5.89. The minimum Gasteiger partial charge on any atom is -0.341 e. The fraction of sp³-hybridized carbons (Fsp3) is 0.519. The molecule has 2 aliphatic heterocycles. The molecule has 2 aromatic rings. The van der Waals surface area contributed by atoms with Crippen LogP contribution in [0.4, 0.5) is 17.6 Å². The van der Waals surface area contributed by atoms with Gasteiger partial charge in [0.25, 0.3) is 0 Å².